The van der Waals surface area contributed by atoms with Gasteiger partial charge in [0.25, 0.3) is 0 Å². The van der Waals surface area contributed by atoms with Gasteiger partial charge in [-0.1, -0.05) is 5.92 Å². The molecule has 1 fully saturated rings. The summed E-state index contributed by atoms with van der Waals surface area (Å²) in [5.74, 6) is 2.03. The molecule has 5 N–H and O–H groups in total. The predicted molar refractivity (Wildman–Crippen MR) is 79.0 cm³/mol. The molecule has 1 aliphatic heterocycles. The minimum atomic E-state index is -2.08. The number of nitrogens with zero attached hydrogens (tertiary/aromatic N) is 3. The molecule has 1 aliphatic rings. The highest BCUT2D eigenvalue weighted by atomic mass is 16.6. The van der Waals surface area contributed by atoms with Gasteiger partial charge in [0.05, 0.1) is 6.61 Å². The number of nitrogen functional groups attached to an aromatic ring is 1. The lowest BCUT2D eigenvalue weighted by Gasteiger charge is -2.24. The first-order chi connectivity index (χ1) is 10.9. The summed E-state index contributed by atoms with van der Waals surface area (Å²) in [6, 6.07) is 1.21. The third-order valence-electron chi connectivity index (χ3n) is 3.92. The van der Waals surface area contributed by atoms with Crippen molar-refractivity contribution in [3.05, 3.63) is 28.8 Å². The number of aliphatic hydroxyl groups is 3. The molecule has 0 aromatic carbocycles. The molecule has 0 amide bonds. The van der Waals surface area contributed by atoms with E-state index in [2.05, 4.69) is 9.97 Å². The first-order valence-corrected chi connectivity index (χ1v) is 6.70. The fraction of sp³-hybridized carbons (Fsp3) is 0.357. The van der Waals surface area contributed by atoms with Crippen LogP contribution in [0.15, 0.2) is 23.4 Å². The van der Waals surface area contributed by atoms with E-state index in [0.29, 0.717) is 0 Å². The van der Waals surface area contributed by atoms with Crippen molar-refractivity contribution < 1.29 is 20.1 Å². The first-order valence-electron chi connectivity index (χ1n) is 6.70. The van der Waals surface area contributed by atoms with Crippen molar-refractivity contribution in [2.24, 2.45) is 0 Å². The van der Waals surface area contributed by atoms with E-state index in [1.165, 1.54) is 16.8 Å². The number of rotatable bonds is 2. The molecule has 0 spiro atoms. The van der Waals surface area contributed by atoms with Crippen molar-refractivity contribution in [1.82, 2.24) is 14.5 Å². The highest BCUT2D eigenvalue weighted by molar-refractivity contribution is 5.84. The van der Waals surface area contributed by atoms with Crippen LogP contribution in [0.3, 0.4) is 0 Å². The second-order valence-corrected chi connectivity index (χ2v) is 5.16. The van der Waals surface area contributed by atoms with Gasteiger partial charge in [-0.25, -0.2) is 9.97 Å². The van der Waals surface area contributed by atoms with Gasteiger partial charge in [-0.05, 0) is 0 Å². The van der Waals surface area contributed by atoms with E-state index >= 15 is 0 Å². The maximum atomic E-state index is 12.0. The SMILES string of the molecule is C#C[C@@]1(O)[C@@H](CO)OC(n2ccc(=O)c3c(N)ncnc32)[C@@H]1O. The van der Waals surface area contributed by atoms with E-state index < -0.39 is 36.1 Å². The van der Waals surface area contributed by atoms with E-state index in [9.17, 15) is 20.1 Å². The topological polar surface area (TPSA) is 144 Å². The van der Waals surface area contributed by atoms with Crippen LogP contribution in [0.2, 0.25) is 0 Å². The zero-order valence-electron chi connectivity index (χ0n) is 11.8. The van der Waals surface area contributed by atoms with Crippen molar-refractivity contribution in [3.8, 4) is 12.3 Å². The molecule has 4 atom stereocenters. The number of aliphatic hydroxyl groups excluding tert-OH is 2. The van der Waals surface area contributed by atoms with Gasteiger partial charge in [0.15, 0.2) is 22.9 Å². The second kappa shape index (κ2) is 5.29. The van der Waals surface area contributed by atoms with Crippen LogP contribution in [-0.2, 0) is 4.74 Å². The van der Waals surface area contributed by atoms with Crippen molar-refractivity contribution >= 4 is 16.9 Å². The number of hydrogen-bond acceptors (Lipinski definition) is 8. The van der Waals surface area contributed by atoms with Gasteiger partial charge in [-0.2, -0.15) is 0 Å². The van der Waals surface area contributed by atoms with Crippen LogP contribution in [0.1, 0.15) is 6.23 Å². The molecule has 1 unspecified atom stereocenters. The van der Waals surface area contributed by atoms with Crippen LogP contribution in [0.4, 0.5) is 5.82 Å². The van der Waals surface area contributed by atoms with Gasteiger partial charge in [0, 0.05) is 12.3 Å². The van der Waals surface area contributed by atoms with Crippen molar-refractivity contribution in [3.63, 3.8) is 0 Å². The molecular weight excluding hydrogens is 304 g/mol. The number of ether oxygens (including phenoxy) is 1. The molecule has 9 heteroatoms. The molecule has 2 aromatic rings. The van der Waals surface area contributed by atoms with E-state index in [4.69, 9.17) is 16.9 Å². The number of pyridine rings is 1. The Morgan fingerprint density at radius 3 is 2.87 bits per heavy atom. The van der Waals surface area contributed by atoms with Gasteiger partial charge >= 0.3 is 0 Å². The van der Waals surface area contributed by atoms with Crippen LogP contribution < -0.4 is 11.2 Å². The Balaban J connectivity index is 2.20. The quantitative estimate of drug-likeness (QED) is 0.465. The average molecular weight is 318 g/mol. The van der Waals surface area contributed by atoms with Gasteiger partial charge in [-0.15, -0.1) is 6.42 Å². The lowest BCUT2D eigenvalue weighted by molar-refractivity contribution is -0.0605. The molecule has 2 aromatic heterocycles. The number of terminal acetylenes is 1. The Morgan fingerprint density at radius 1 is 1.52 bits per heavy atom. The van der Waals surface area contributed by atoms with Crippen molar-refractivity contribution in [2.75, 3.05) is 12.3 Å². The minimum absolute atomic E-state index is 0.0206. The maximum Gasteiger partial charge on any atom is 0.194 e. The number of nitrogens with two attached hydrogens (primary N) is 1. The van der Waals surface area contributed by atoms with Crippen LogP contribution in [0.25, 0.3) is 11.0 Å². The number of anilines is 1. The Bertz CT molecular complexity index is 860. The molecule has 9 nitrogen and oxygen atoms in total. The van der Waals surface area contributed by atoms with E-state index in [1.54, 1.807) is 0 Å². The monoisotopic (exact) mass is 318 g/mol. The predicted octanol–water partition coefficient (Wildman–Crippen LogP) is -2.01. The third-order valence-corrected chi connectivity index (χ3v) is 3.92. The van der Waals surface area contributed by atoms with Crippen LogP contribution in [0.5, 0.6) is 0 Å². The third kappa shape index (κ3) is 2.08. The van der Waals surface area contributed by atoms with Crippen LogP contribution in [0, 0.1) is 12.3 Å². The first kappa shape index (κ1) is 15.4. The highest BCUT2D eigenvalue weighted by Crippen LogP contribution is 2.37. The zero-order valence-corrected chi connectivity index (χ0v) is 11.8. The Labute approximate surface area is 130 Å². The summed E-state index contributed by atoms with van der Waals surface area (Å²) in [6.07, 6.45) is 3.86. The van der Waals surface area contributed by atoms with Gasteiger partial charge in [0.1, 0.15) is 29.7 Å². The second-order valence-electron chi connectivity index (χ2n) is 5.16. The normalized spacial score (nSPS) is 30.4. The van der Waals surface area contributed by atoms with E-state index in [1.807, 2.05) is 5.92 Å². The van der Waals surface area contributed by atoms with E-state index in [-0.39, 0.29) is 16.9 Å². The lowest BCUT2D eigenvalue weighted by atomic mass is 9.93. The molecule has 0 bridgehead atoms. The zero-order chi connectivity index (χ0) is 16.8. The Kier molecular flexibility index (Phi) is 3.54. The smallest absolute Gasteiger partial charge is 0.194 e. The molecule has 0 aliphatic carbocycles. The summed E-state index contributed by atoms with van der Waals surface area (Å²) >= 11 is 0. The van der Waals surface area contributed by atoms with Crippen LogP contribution >= 0.6 is 0 Å². The van der Waals surface area contributed by atoms with E-state index in [0.717, 1.165) is 6.33 Å². The summed E-state index contributed by atoms with van der Waals surface area (Å²) in [7, 11) is 0. The van der Waals surface area contributed by atoms with Crippen molar-refractivity contribution in [2.45, 2.75) is 24.0 Å². The molecule has 3 heterocycles. The number of aromatic nitrogens is 3. The minimum Gasteiger partial charge on any atom is -0.394 e. The molecule has 3 rings (SSSR count). The average Bonchev–Trinajstić information content (AvgIpc) is 2.80. The molecule has 1 saturated heterocycles. The summed E-state index contributed by atoms with van der Waals surface area (Å²) in [5, 5.41) is 30.1. The Morgan fingerprint density at radius 2 is 2.26 bits per heavy atom. The molecular formula is C14H14N4O5. The van der Waals surface area contributed by atoms with Crippen LogP contribution in [-0.4, -0.2) is 54.3 Å². The molecule has 0 radical (unpaired) electrons. The van der Waals surface area contributed by atoms with Gasteiger partial charge in [-0.3, -0.25) is 4.79 Å². The fourth-order valence-corrected chi connectivity index (χ4v) is 2.66. The Hall–Kier alpha value is -2.51. The lowest BCUT2D eigenvalue weighted by Crippen LogP contribution is -2.47. The summed E-state index contributed by atoms with van der Waals surface area (Å²) in [4.78, 5) is 19.7. The van der Waals surface area contributed by atoms with Crippen molar-refractivity contribution in [1.29, 1.82) is 0 Å². The molecule has 120 valence electrons. The van der Waals surface area contributed by atoms with Gasteiger partial charge in [0.2, 0.25) is 0 Å². The number of hydrogen-bond donors (Lipinski definition) is 4. The molecule has 23 heavy (non-hydrogen) atoms. The summed E-state index contributed by atoms with van der Waals surface area (Å²) < 4.78 is 6.79. The largest absolute Gasteiger partial charge is 0.394 e. The summed E-state index contributed by atoms with van der Waals surface area (Å²) in [6.45, 7) is -0.594. The van der Waals surface area contributed by atoms with Gasteiger partial charge < -0.3 is 30.4 Å². The standard InChI is InChI=1S/C14H14N4O5/c1-2-14(22)8(5-19)23-13(10(14)21)18-4-3-7(20)9-11(15)16-6-17-12(9)18/h1,3-4,6,8,10,13,19,21-22H,5H2,(H2,15,16,17)/t8-,10+,13?,14-/m1/s1. The molecule has 0 saturated carbocycles. The maximum absolute atomic E-state index is 12.0. The highest BCUT2D eigenvalue weighted by Gasteiger charge is 2.55. The summed E-state index contributed by atoms with van der Waals surface area (Å²) in [5.41, 5.74) is 3.35. The fourth-order valence-electron chi connectivity index (χ4n) is 2.66. The number of fused-ring (bicyclic) bond motifs is 1.